The first kappa shape index (κ1) is 20.5. The Hall–Kier alpha value is -3.74. The Kier molecular flexibility index (Phi) is 5.93. The molecule has 0 saturated carbocycles. The van der Waals surface area contributed by atoms with Crippen molar-refractivity contribution in [3.05, 3.63) is 83.0 Å². The topological polar surface area (TPSA) is 83.0 Å². The minimum atomic E-state index is -0.308. The van der Waals surface area contributed by atoms with E-state index in [4.69, 9.17) is 9.15 Å². The summed E-state index contributed by atoms with van der Waals surface area (Å²) in [5.74, 6) is 0.561. The Balaban J connectivity index is 1.27. The number of hydrogen-bond donors (Lipinski definition) is 0. The number of carbonyl (C=O) groups is 1. The molecule has 7 heteroatoms. The SMILES string of the molecule is Cc1ccc(-c2nnc(CCC(=O)OCc3ccc(-n4nc(C)cc4C)cc3)o2)cc1. The van der Waals surface area contributed by atoms with Gasteiger partial charge in [-0.2, -0.15) is 5.10 Å². The molecule has 0 spiro atoms. The molecule has 31 heavy (non-hydrogen) atoms. The maximum absolute atomic E-state index is 12.1. The molecular weight excluding hydrogens is 392 g/mol. The number of aryl methyl sites for hydroxylation is 4. The molecule has 0 N–H and O–H groups in total. The molecule has 0 atom stereocenters. The lowest BCUT2D eigenvalue weighted by Crippen LogP contribution is -2.06. The molecule has 4 aromatic rings. The van der Waals surface area contributed by atoms with Gasteiger partial charge in [0.05, 0.1) is 17.8 Å². The van der Waals surface area contributed by atoms with Gasteiger partial charge in [0, 0.05) is 17.7 Å². The van der Waals surface area contributed by atoms with Crippen molar-refractivity contribution in [3.8, 4) is 17.1 Å². The number of aromatic nitrogens is 4. The van der Waals surface area contributed by atoms with E-state index in [1.165, 1.54) is 0 Å². The van der Waals surface area contributed by atoms with Crippen LogP contribution in [0.4, 0.5) is 0 Å². The van der Waals surface area contributed by atoms with Gasteiger partial charge in [-0.3, -0.25) is 4.79 Å². The third-order valence-corrected chi connectivity index (χ3v) is 4.90. The Morgan fingerprint density at radius 2 is 1.74 bits per heavy atom. The van der Waals surface area contributed by atoms with Crippen LogP contribution in [0.5, 0.6) is 0 Å². The van der Waals surface area contributed by atoms with Crippen LogP contribution in [-0.2, 0) is 22.6 Å². The minimum absolute atomic E-state index is 0.180. The van der Waals surface area contributed by atoms with Crippen molar-refractivity contribution in [3.63, 3.8) is 0 Å². The summed E-state index contributed by atoms with van der Waals surface area (Å²) in [5, 5.41) is 12.5. The number of benzene rings is 2. The second kappa shape index (κ2) is 8.95. The standard InChI is InChI=1S/C24H24N4O3/c1-16-4-8-20(9-5-16)24-26-25-22(31-24)12-13-23(29)30-15-19-6-10-21(11-7-19)28-18(3)14-17(2)27-28/h4-11,14H,12-13,15H2,1-3H3. The van der Waals surface area contributed by atoms with E-state index in [0.717, 1.165) is 33.8 Å². The van der Waals surface area contributed by atoms with Crippen molar-refractivity contribution >= 4 is 5.97 Å². The van der Waals surface area contributed by atoms with Gasteiger partial charge in [0.25, 0.3) is 0 Å². The van der Waals surface area contributed by atoms with E-state index in [1.54, 1.807) is 0 Å². The van der Waals surface area contributed by atoms with Gasteiger partial charge < -0.3 is 9.15 Å². The van der Waals surface area contributed by atoms with Crippen molar-refractivity contribution < 1.29 is 13.9 Å². The smallest absolute Gasteiger partial charge is 0.306 e. The van der Waals surface area contributed by atoms with Crippen LogP contribution in [0.25, 0.3) is 17.1 Å². The van der Waals surface area contributed by atoms with Crippen LogP contribution in [0.1, 0.15) is 34.8 Å². The second-order valence-electron chi connectivity index (χ2n) is 7.53. The molecular formula is C24H24N4O3. The number of hydrogen-bond acceptors (Lipinski definition) is 6. The lowest BCUT2D eigenvalue weighted by Gasteiger charge is -2.07. The van der Waals surface area contributed by atoms with Crippen LogP contribution < -0.4 is 0 Å². The number of nitrogens with zero attached hydrogens (tertiary/aromatic N) is 4. The molecule has 2 aromatic carbocycles. The Bertz CT molecular complexity index is 1170. The fourth-order valence-corrected chi connectivity index (χ4v) is 3.24. The molecule has 0 fully saturated rings. The van der Waals surface area contributed by atoms with E-state index >= 15 is 0 Å². The first-order valence-electron chi connectivity index (χ1n) is 10.2. The normalized spacial score (nSPS) is 10.9. The Morgan fingerprint density at radius 1 is 1.00 bits per heavy atom. The average Bonchev–Trinajstić information content (AvgIpc) is 3.37. The van der Waals surface area contributed by atoms with Gasteiger partial charge in [0.2, 0.25) is 11.8 Å². The van der Waals surface area contributed by atoms with Crippen molar-refractivity contribution in [2.75, 3.05) is 0 Å². The highest BCUT2D eigenvalue weighted by molar-refractivity contribution is 5.69. The van der Waals surface area contributed by atoms with E-state index in [0.29, 0.717) is 18.2 Å². The van der Waals surface area contributed by atoms with Crippen LogP contribution in [0.2, 0.25) is 0 Å². The summed E-state index contributed by atoms with van der Waals surface area (Å²) in [5.41, 5.74) is 5.95. The summed E-state index contributed by atoms with van der Waals surface area (Å²) in [6, 6.07) is 17.7. The van der Waals surface area contributed by atoms with Crippen LogP contribution in [0, 0.1) is 20.8 Å². The zero-order valence-corrected chi connectivity index (χ0v) is 17.8. The molecule has 0 radical (unpaired) electrons. The molecule has 0 aliphatic heterocycles. The van der Waals surface area contributed by atoms with Crippen molar-refractivity contribution in [2.45, 2.75) is 40.2 Å². The summed E-state index contributed by atoms with van der Waals surface area (Å²) in [6.45, 7) is 6.22. The van der Waals surface area contributed by atoms with Crippen molar-refractivity contribution in [1.29, 1.82) is 0 Å². The fraction of sp³-hybridized carbons (Fsp3) is 0.250. The summed E-state index contributed by atoms with van der Waals surface area (Å²) in [7, 11) is 0. The molecule has 7 nitrogen and oxygen atoms in total. The van der Waals surface area contributed by atoms with E-state index < -0.39 is 0 Å². The molecule has 2 aromatic heterocycles. The highest BCUT2D eigenvalue weighted by Gasteiger charge is 2.12. The highest BCUT2D eigenvalue weighted by atomic mass is 16.5. The first-order valence-corrected chi connectivity index (χ1v) is 10.2. The lowest BCUT2D eigenvalue weighted by atomic mass is 10.1. The van der Waals surface area contributed by atoms with Crippen LogP contribution >= 0.6 is 0 Å². The van der Waals surface area contributed by atoms with Crippen molar-refractivity contribution in [2.24, 2.45) is 0 Å². The largest absolute Gasteiger partial charge is 0.461 e. The third-order valence-electron chi connectivity index (χ3n) is 4.90. The maximum Gasteiger partial charge on any atom is 0.306 e. The van der Waals surface area contributed by atoms with Crippen LogP contribution in [0.3, 0.4) is 0 Å². The third kappa shape index (κ3) is 5.06. The number of carbonyl (C=O) groups excluding carboxylic acids is 1. The Labute approximate surface area is 180 Å². The van der Waals surface area contributed by atoms with Gasteiger partial charge in [0.1, 0.15) is 6.61 Å². The molecule has 0 saturated heterocycles. The zero-order chi connectivity index (χ0) is 21.8. The number of rotatable bonds is 7. The molecule has 0 unspecified atom stereocenters. The zero-order valence-electron chi connectivity index (χ0n) is 17.8. The second-order valence-corrected chi connectivity index (χ2v) is 7.53. The molecule has 158 valence electrons. The number of esters is 1. The predicted octanol–water partition coefficient (Wildman–Crippen LogP) is 4.52. The van der Waals surface area contributed by atoms with Gasteiger partial charge in [-0.1, -0.05) is 29.8 Å². The van der Waals surface area contributed by atoms with Gasteiger partial charge in [-0.25, -0.2) is 4.68 Å². The van der Waals surface area contributed by atoms with Crippen LogP contribution in [-0.4, -0.2) is 25.9 Å². The predicted molar refractivity (Wildman–Crippen MR) is 116 cm³/mol. The van der Waals surface area contributed by atoms with E-state index in [1.807, 2.05) is 80.1 Å². The fourth-order valence-electron chi connectivity index (χ4n) is 3.24. The molecule has 0 aliphatic rings. The molecule has 0 amide bonds. The highest BCUT2D eigenvalue weighted by Crippen LogP contribution is 2.19. The summed E-state index contributed by atoms with van der Waals surface area (Å²) >= 11 is 0. The molecule has 0 aliphatic carbocycles. The monoisotopic (exact) mass is 416 g/mol. The van der Waals surface area contributed by atoms with Crippen LogP contribution in [0.15, 0.2) is 59.0 Å². The lowest BCUT2D eigenvalue weighted by molar-refractivity contribution is -0.145. The van der Waals surface area contributed by atoms with Gasteiger partial charge >= 0.3 is 5.97 Å². The maximum atomic E-state index is 12.1. The quantitative estimate of drug-likeness (QED) is 0.412. The summed E-state index contributed by atoms with van der Waals surface area (Å²) in [6.07, 6.45) is 0.522. The van der Waals surface area contributed by atoms with Gasteiger partial charge in [-0.15, -0.1) is 10.2 Å². The summed E-state index contributed by atoms with van der Waals surface area (Å²) < 4.78 is 12.9. The Morgan fingerprint density at radius 3 is 2.42 bits per heavy atom. The van der Waals surface area contributed by atoms with Gasteiger partial charge in [-0.05, 0) is 56.7 Å². The molecule has 0 bridgehead atoms. The van der Waals surface area contributed by atoms with E-state index in [-0.39, 0.29) is 19.0 Å². The average molecular weight is 416 g/mol. The summed E-state index contributed by atoms with van der Waals surface area (Å²) in [4.78, 5) is 12.1. The van der Waals surface area contributed by atoms with E-state index in [2.05, 4.69) is 15.3 Å². The minimum Gasteiger partial charge on any atom is -0.461 e. The molecule has 2 heterocycles. The van der Waals surface area contributed by atoms with E-state index in [9.17, 15) is 4.79 Å². The van der Waals surface area contributed by atoms with Crippen molar-refractivity contribution in [1.82, 2.24) is 20.0 Å². The molecule has 4 rings (SSSR count). The first-order chi connectivity index (χ1) is 15.0. The number of ether oxygens (including phenoxy) is 1. The van der Waals surface area contributed by atoms with Gasteiger partial charge in [0.15, 0.2) is 0 Å².